The van der Waals surface area contributed by atoms with Crippen LogP contribution >= 0.6 is 0 Å². The van der Waals surface area contributed by atoms with Gasteiger partial charge in [0.15, 0.2) is 0 Å². The Bertz CT molecular complexity index is 377. The van der Waals surface area contributed by atoms with Crippen LogP contribution in [0.1, 0.15) is 23.7 Å². The number of nitrogens with zero attached hydrogens (tertiary/aromatic N) is 1. The largest absolute Gasteiger partial charge is 0.388 e. The van der Waals surface area contributed by atoms with Gasteiger partial charge in [-0.2, -0.15) is 5.26 Å². The quantitative estimate of drug-likeness (QED) is 0.794. The van der Waals surface area contributed by atoms with E-state index < -0.39 is 6.10 Å². The lowest BCUT2D eigenvalue weighted by atomic mass is 9.94. The molecule has 3 nitrogen and oxygen atoms in total. The van der Waals surface area contributed by atoms with Gasteiger partial charge in [0.2, 0.25) is 0 Å². The van der Waals surface area contributed by atoms with Crippen molar-refractivity contribution in [2.45, 2.75) is 12.5 Å². The lowest BCUT2D eigenvalue weighted by Crippen LogP contribution is -2.12. The number of nitriles is 1. The molecule has 1 aromatic carbocycles. The van der Waals surface area contributed by atoms with Crippen LogP contribution in [-0.4, -0.2) is 18.3 Å². The molecule has 0 aromatic heterocycles. The van der Waals surface area contributed by atoms with E-state index in [1.807, 2.05) is 6.07 Å². The van der Waals surface area contributed by atoms with Crippen molar-refractivity contribution in [2.24, 2.45) is 5.92 Å². The Balaban J connectivity index is 2.17. The SMILES string of the molecule is N#Cc1cccc(C(O)C2CCOC2)c1. The van der Waals surface area contributed by atoms with Crippen LogP contribution in [0.15, 0.2) is 24.3 Å². The number of aliphatic hydroxyl groups excluding tert-OH is 1. The van der Waals surface area contributed by atoms with Crippen molar-refractivity contribution < 1.29 is 9.84 Å². The third-order valence-electron chi connectivity index (χ3n) is 2.77. The zero-order valence-corrected chi connectivity index (χ0v) is 8.39. The second-order valence-electron chi connectivity index (χ2n) is 3.81. The molecule has 0 bridgehead atoms. The first kappa shape index (κ1) is 10.2. The van der Waals surface area contributed by atoms with Gasteiger partial charge in [-0.05, 0) is 24.1 Å². The third-order valence-corrected chi connectivity index (χ3v) is 2.77. The van der Waals surface area contributed by atoms with Crippen molar-refractivity contribution >= 4 is 0 Å². The molecule has 0 radical (unpaired) electrons. The molecule has 0 aliphatic carbocycles. The Labute approximate surface area is 88.9 Å². The summed E-state index contributed by atoms with van der Waals surface area (Å²) in [5, 5.41) is 18.8. The van der Waals surface area contributed by atoms with Gasteiger partial charge in [-0.3, -0.25) is 0 Å². The van der Waals surface area contributed by atoms with E-state index in [0.29, 0.717) is 12.2 Å². The number of benzene rings is 1. The third kappa shape index (κ3) is 2.17. The maximum Gasteiger partial charge on any atom is 0.0991 e. The van der Waals surface area contributed by atoms with Gasteiger partial charge >= 0.3 is 0 Å². The molecule has 1 N–H and O–H groups in total. The lowest BCUT2D eigenvalue weighted by molar-refractivity contribution is 0.0918. The predicted molar refractivity (Wildman–Crippen MR) is 55.0 cm³/mol. The molecule has 1 heterocycles. The maximum atomic E-state index is 10.1. The lowest BCUT2D eigenvalue weighted by Gasteiger charge is -2.16. The van der Waals surface area contributed by atoms with Gasteiger partial charge in [0, 0.05) is 12.5 Å². The predicted octanol–water partition coefficient (Wildman–Crippen LogP) is 1.63. The molecular formula is C12H13NO2. The van der Waals surface area contributed by atoms with Crippen molar-refractivity contribution in [3.63, 3.8) is 0 Å². The van der Waals surface area contributed by atoms with Crippen molar-refractivity contribution in [3.8, 4) is 6.07 Å². The van der Waals surface area contributed by atoms with Crippen LogP contribution in [0.5, 0.6) is 0 Å². The van der Waals surface area contributed by atoms with E-state index in [2.05, 4.69) is 6.07 Å². The van der Waals surface area contributed by atoms with Gasteiger partial charge in [-0.1, -0.05) is 12.1 Å². The van der Waals surface area contributed by atoms with Gasteiger partial charge in [0.05, 0.1) is 24.3 Å². The highest BCUT2D eigenvalue weighted by atomic mass is 16.5. The first-order valence-corrected chi connectivity index (χ1v) is 5.07. The Morgan fingerprint density at radius 3 is 3.07 bits per heavy atom. The summed E-state index contributed by atoms with van der Waals surface area (Å²) in [7, 11) is 0. The molecule has 15 heavy (non-hydrogen) atoms. The highest BCUT2D eigenvalue weighted by Gasteiger charge is 2.25. The number of hydrogen-bond donors (Lipinski definition) is 1. The van der Waals surface area contributed by atoms with E-state index in [-0.39, 0.29) is 5.92 Å². The van der Waals surface area contributed by atoms with Crippen LogP contribution in [-0.2, 0) is 4.74 Å². The topological polar surface area (TPSA) is 53.2 Å². The Morgan fingerprint density at radius 1 is 1.53 bits per heavy atom. The zero-order chi connectivity index (χ0) is 10.7. The second-order valence-corrected chi connectivity index (χ2v) is 3.81. The molecule has 1 aliphatic heterocycles. The van der Waals surface area contributed by atoms with Crippen LogP contribution in [0.25, 0.3) is 0 Å². The molecule has 0 amide bonds. The average Bonchev–Trinajstić information content (AvgIpc) is 2.81. The normalized spacial score (nSPS) is 22.3. The van der Waals surface area contributed by atoms with Crippen molar-refractivity contribution in [1.82, 2.24) is 0 Å². The van der Waals surface area contributed by atoms with E-state index in [9.17, 15) is 5.11 Å². The maximum absolute atomic E-state index is 10.1. The van der Waals surface area contributed by atoms with Gasteiger partial charge in [0.1, 0.15) is 0 Å². The Morgan fingerprint density at radius 2 is 2.40 bits per heavy atom. The molecule has 1 saturated heterocycles. The van der Waals surface area contributed by atoms with Gasteiger partial charge in [-0.25, -0.2) is 0 Å². The Hall–Kier alpha value is -1.37. The van der Waals surface area contributed by atoms with Crippen LogP contribution < -0.4 is 0 Å². The molecule has 2 rings (SSSR count). The molecule has 0 spiro atoms. The highest BCUT2D eigenvalue weighted by molar-refractivity contribution is 5.33. The molecule has 1 fully saturated rings. The van der Waals surface area contributed by atoms with Crippen molar-refractivity contribution in [1.29, 1.82) is 5.26 Å². The minimum absolute atomic E-state index is 0.166. The minimum atomic E-state index is -0.513. The molecule has 0 saturated carbocycles. The monoisotopic (exact) mass is 203 g/mol. The smallest absolute Gasteiger partial charge is 0.0991 e. The van der Waals surface area contributed by atoms with Crippen LogP contribution in [0.2, 0.25) is 0 Å². The van der Waals surface area contributed by atoms with Gasteiger partial charge < -0.3 is 9.84 Å². The number of ether oxygens (including phenoxy) is 1. The summed E-state index contributed by atoms with van der Waals surface area (Å²) in [4.78, 5) is 0. The minimum Gasteiger partial charge on any atom is -0.388 e. The average molecular weight is 203 g/mol. The number of hydrogen-bond acceptors (Lipinski definition) is 3. The number of aliphatic hydroxyl groups is 1. The Kier molecular flexibility index (Phi) is 3.00. The van der Waals surface area contributed by atoms with Crippen molar-refractivity contribution in [2.75, 3.05) is 13.2 Å². The fourth-order valence-electron chi connectivity index (χ4n) is 1.87. The number of rotatable bonds is 2. The first-order valence-electron chi connectivity index (χ1n) is 5.07. The molecule has 3 heteroatoms. The molecule has 2 unspecified atom stereocenters. The molecule has 1 aliphatic rings. The summed E-state index contributed by atoms with van der Waals surface area (Å²) in [5.41, 5.74) is 1.40. The second kappa shape index (κ2) is 4.43. The van der Waals surface area contributed by atoms with E-state index in [1.165, 1.54) is 0 Å². The van der Waals surface area contributed by atoms with E-state index in [1.54, 1.807) is 18.2 Å². The summed E-state index contributed by atoms with van der Waals surface area (Å²) in [6.07, 6.45) is 0.374. The molecule has 78 valence electrons. The van der Waals surface area contributed by atoms with Crippen LogP contribution in [0.4, 0.5) is 0 Å². The first-order chi connectivity index (χ1) is 7.31. The summed E-state index contributed by atoms with van der Waals surface area (Å²) in [6, 6.07) is 9.20. The summed E-state index contributed by atoms with van der Waals surface area (Å²) in [6.45, 7) is 1.33. The van der Waals surface area contributed by atoms with Crippen LogP contribution in [0.3, 0.4) is 0 Å². The fourth-order valence-corrected chi connectivity index (χ4v) is 1.87. The fraction of sp³-hybridized carbons (Fsp3) is 0.417. The summed E-state index contributed by atoms with van der Waals surface area (Å²) >= 11 is 0. The molecule has 1 aromatic rings. The highest BCUT2D eigenvalue weighted by Crippen LogP contribution is 2.28. The summed E-state index contributed by atoms with van der Waals surface area (Å²) < 4.78 is 5.23. The van der Waals surface area contributed by atoms with Gasteiger partial charge in [0.25, 0.3) is 0 Å². The van der Waals surface area contributed by atoms with Crippen LogP contribution in [0, 0.1) is 17.2 Å². The van der Waals surface area contributed by atoms with E-state index >= 15 is 0 Å². The standard InChI is InChI=1S/C12H13NO2/c13-7-9-2-1-3-10(6-9)12(14)11-4-5-15-8-11/h1-3,6,11-12,14H,4-5,8H2. The zero-order valence-electron chi connectivity index (χ0n) is 8.39. The van der Waals surface area contributed by atoms with E-state index in [0.717, 1.165) is 18.6 Å². The molecular weight excluding hydrogens is 190 g/mol. The summed E-state index contributed by atoms with van der Waals surface area (Å²) in [5.74, 6) is 0.166. The van der Waals surface area contributed by atoms with Gasteiger partial charge in [-0.15, -0.1) is 0 Å². The van der Waals surface area contributed by atoms with E-state index in [4.69, 9.17) is 10.00 Å². The molecule has 2 atom stereocenters. The van der Waals surface area contributed by atoms with Crippen molar-refractivity contribution in [3.05, 3.63) is 35.4 Å².